The Labute approximate surface area is 189 Å². The SMILES string of the molecule is CCNC(=NCCc1nc(CC)c(C)s1)N1CCN(c2ccccn2)CC1.I. The second-order valence-corrected chi connectivity index (χ2v) is 7.90. The molecule has 0 radical (unpaired) electrons. The minimum Gasteiger partial charge on any atom is -0.357 e. The fourth-order valence-electron chi connectivity index (χ4n) is 3.29. The number of nitrogens with one attached hydrogen (secondary N) is 1. The number of nitrogens with zero attached hydrogens (tertiary/aromatic N) is 5. The van der Waals surface area contributed by atoms with Crippen LogP contribution in [0.2, 0.25) is 0 Å². The molecule has 6 nitrogen and oxygen atoms in total. The van der Waals surface area contributed by atoms with E-state index in [1.807, 2.05) is 29.7 Å². The smallest absolute Gasteiger partial charge is 0.194 e. The lowest BCUT2D eigenvalue weighted by Crippen LogP contribution is -2.52. The minimum atomic E-state index is 0. The van der Waals surface area contributed by atoms with Crippen molar-refractivity contribution in [3.05, 3.63) is 40.0 Å². The van der Waals surface area contributed by atoms with Crippen molar-refractivity contribution < 1.29 is 0 Å². The molecule has 3 heterocycles. The van der Waals surface area contributed by atoms with Crippen molar-refractivity contribution in [1.29, 1.82) is 0 Å². The Morgan fingerprint density at radius 2 is 2.00 bits per heavy atom. The molecule has 2 aromatic rings. The summed E-state index contributed by atoms with van der Waals surface area (Å²) in [5.74, 6) is 2.08. The zero-order valence-electron chi connectivity index (χ0n) is 17.0. The maximum Gasteiger partial charge on any atom is 0.194 e. The Hall–Kier alpha value is -1.42. The first-order valence-electron chi connectivity index (χ1n) is 9.85. The third-order valence-electron chi connectivity index (χ3n) is 4.75. The highest BCUT2D eigenvalue weighted by Crippen LogP contribution is 2.18. The molecule has 8 heteroatoms. The van der Waals surface area contributed by atoms with Gasteiger partial charge in [0.2, 0.25) is 0 Å². The number of halogens is 1. The first kappa shape index (κ1) is 22.9. The highest BCUT2D eigenvalue weighted by molar-refractivity contribution is 14.0. The molecule has 0 unspecified atom stereocenters. The average molecular weight is 514 g/mol. The molecule has 28 heavy (non-hydrogen) atoms. The predicted octanol–water partition coefficient (Wildman–Crippen LogP) is 3.36. The van der Waals surface area contributed by atoms with E-state index in [0.29, 0.717) is 0 Å². The quantitative estimate of drug-likeness (QED) is 0.364. The van der Waals surface area contributed by atoms with Gasteiger partial charge in [0, 0.05) is 56.8 Å². The molecular formula is C20H31IN6S. The third kappa shape index (κ3) is 6.04. The van der Waals surface area contributed by atoms with Gasteiger partial charge < -0.3 is 15.1 Å². The van der Waals surface area contributed by atoms with Gasteiger partial charge >= 0.3 is 0 Å². The summed E-state index contributed by atoms with van der Waals surface area (Å²) in [4.78, 5) is 20.1. The summed E-state index contributed by atoms with van der Waals surface area (Å²) in [6.07, 6.45) is 3.78. The monoisotopic (exact) mass is 514 g/mol. The minimum absolute atomic E-state index is 0. The molecule has 0 amide bonds. The Bertz CT molecular complexity index is 740. The number of guanidine groups is 1. The Morgan fingerprint density at radius 1 is 1.21 bits per heavy atom. The van der Waals surface area contributed by atoms with Gasteiger partial charge in [0.1, 0.15) is 5.82 Å². The Kier molecular flexibility index (Phi) is 9.43. The zero-order chi connectivity index (χ0) is 19.1. The molecule has 3 rings (SSSR count). The van der Waals surface area contributed by atoms with E-state index in [9.17, 15) is 0 Å². The van der Waals surface area contributed by atoms with Gasteiger partial charge in [-0.25, -0.2) is 9.97 Å². The lowest BCUT2D eigenvalue weighted by atomic mass is 10.3. The molecule has 0 aliphatic carbocycles. The molecule has 0 aromatic carbocycles. The highest BCUT2D eigenvalue weighted by Gasteiger charge is 2.20. The number of pyridine rings is 1. The summed E-state index contributed by atoms with van der Waals surface area (Å²) in [6.45, 7) is 12.0. The van der Waals surface area contributed by atoms with E-state index in [4.69, 9.17) is 9.98 Å². The van der Waals surface area contributed by atoms with E-state index in [-0.39, 0.29) is 24.0 Å². The number of hydrogen-bond donors (Lipinski definition) is 1. The number of hydrogen-bond acceptors (Lipinski definition) is 5. The van der Waals surface area contributed by atoms with Crippen LogP contribution in [-0.2, 0) is 12.8 Å². The largest absolute Gasteiger partial charge is 0.357 e. The summed E-state index contributed by atoms with van der Waals surface area (Å²) in [7, 11) is 0. The van der Waals surface area contributed by atoms with Gasteiger partial charge in [-0.3, -0.25) is 4.99 Å². The van der Waals surface area contributed by atoms with Crippen LogP contribution in [0.5, 0.6) is 0 Å². The van der Waals surface area contributed by atoms with Gasteiger partial charge in [-0.2, -0.15) is 0 Å². The van der Waals surface area contributed by atoms with Crippen LogP contribution in [0.4, 0.5) is 5.82 Å². The van der Waals surface area contributed by atoms with E-state index in [1.165, 1.54) is 15.6 Å². The lowest BCUT2D eigenvalue weighted by molar-refractivity contribution is 0.371. The summed E-state index contributed by atoms with van der Waals surface area (Å²) in [6, 6.07) is 6.09. The van der Waals surface area contributed by atoms with Crippen LogP contribution in [-0.4, -0.2) is 60.1 Å². The van der Waals surface area contributed by atoms with E-state index >= 15 is 0 Å². The molecule has 1 N–H and O–H groups in total. The normalized spacial score (nSPS) is 14.8. The molecule has 2 aromatic heterocycles. The van der Waals surface area contributed by atoms with Crippen molar-refractivity contribution in [2.45, 2.75) is 33.6 Å². The number of aryl methyl sites for hydroxylation is 2. The molecule has 0 bridgehead atoms. The summed E-state index contributed by atoms with van der Waals surface area (Å²) < 4.78 is 0. The zero-order valence-corrected chi connectivity index (χ0v) is 20.2. The van der Waals surface area contributed by atoms with E-state index in [0.717, 1.165) is 63.9 Å². The van der Waals surface area contributed by atoms with Crippen molar-refractivity contribution in [3.8, 4) is 0 Å². The molecule has 154 valence electrons. The van der Waals surface area contributed by atoms with Crippen molar-refractivity contribution in [2.75, 3.05) is 44.2 Å². The van der Waals surface area contributed by atoms with Crippen LogP contribution in [0.15, 0.2) is 29.4 Å². The van der Waals surface area contributed by atoms with Crippen LogP contribution in [0.25, 0.3) is 0 Å². The average Bonchev–Trinajstić information content (AvgIpc) is 3.08. The number of aliphatic imine (C=N–C) groups is 1. The van der Waals surface area contributed by atoms with Gasteiger partial charge in [-0.1, -0.05) is 13.0 Å². The number of aromatic nitrogens is 2. The van der Waals surface area contributed by atoms with Gasteiger partial charge in [0.25, 0.3) is 0 Å². The summed E-state index contributed by atoms with van der Waals surface area (Å²) in [5.41, 5.74) is 1.23. The predicted molar refractivity (Wildman–Crippen MR) is 129 cm³/mol. The summed E-state index contributed by atoms with van der Waals surface area (Å²) >= 11 is 1.81. The van der Waals surface area contributed by atoms with Crippen LogP contribution >= 0.6 is 35.3 Å². The Morgan fingerprint density at radius 3 is 2.61 bits per heavy atom. The second kappa shape index (κ2) is 11.5. The maximum atomic E-state index is 4.86. The van der Waals surface area contributed by atoms with Gasteiger partial charge in [-0.15, -0.1) is 35.3 Å². The first-order valence-corrected chi connectivity index (χ1v) is 10.7. The highest BCUT2D eigenvalue weighted by atomic mass is 127. The maximum absolute atomic E-state index is 4.86. The number of piperazine rings is 1. The van der Waals surface area contributed by atoms with Gasteiger partial charge in [0.15, 0.2) is 5.96 Å². The van der Waals surface area contributed by atoms with Crippen LogP contribution in [0, 0.1) is 6.92 Å². The molecule has 1 saturated heterocycles. The fourth-order valence-corrected chi connectivity index (χ4v) is 4.30. The third-order valence-corrected chi connectivity index (χ3v) is 5.82. The van der Waals surface area contributed by atoms with Crippen molar-refractivity contribution in [1.82, 2.24) is 20.2 Å². The van der Waals surface area contributed by atoms with E-state index in [2.05, 4.69) is 46.9 Å². The molecule has 1 aliphatic rings. The second-order valence-electron chi connectivity index (χ2n) is 6.61. The molecule has 1 fully saturated rings. The molecular weight excluding hydrogens is 483 g/mol. The van der Waals surface area contributed by atoms with E-state index < -0.39 is 0 Å². The van der Waals surface area contributed by atoms with Gasteiger partial charge in [0.05, 0.1) is 10.7 Å². The standard InChI is InChI=1S/C20H30N6S.HI/c1-4-17-16(3)27-19(24-17)9-11-23-20(21-5-2)26-14-12-25(13-15-26)18-8-6-7-10-22-18;/h6-8,10H,4-5,9,11-15H2,1-3H3,(H,21,23);1H. The van der Waals surface area contributed by atoms with Crippen LogP contribution < -0.4 is 10.2 Å². The van der Waals surface area contributed by atoms with Crippen LogP contribution in [0.1, 0.15) is 29.4 Å². The lowest BCUT2D eigenvalue weighted by Gasteiger charge is -2.37. The fraction of sp³-hybridized carbons (Fsp3) is 0.550. The molecule has 0 atom stereocenters. The van der Waals surface area contributed by atoms with Crippen molar-refractivity contribution >= 4 is 47.1 Å². The molecule has 0 saturated carbocycles. The molecule has 1 aliphatic heterocycles. The van der Waals surface area contributed by atoms with E-state index in [1.54, 1.807) is 0 Å². The van der Waals surface area contributed by atoms with Crippen molar-refractivity contribution in [3.63, 3.8) is 0 Å². The summed E-state index contributed by atoms with van der Waals surface area (Å²) in [5, 5.41) is 4.64. The van der Waals surface area contributed by atoms with Gasteiger partial charge in [-0.05, 0) is 32.4 Å². The van der Waals surface area contributed by atoms with Crippen LogP contribution in [0.3, 0.4) is 0 Å². The number of anilines is 1. The van der Waals surface area contributed by atoms with Crippen molar-refractivity contribution in [2.24, 2.45) is 4.99 Å². The Balaban J connectivity index is 0.00000280. The number of thiazole rings is 1. The number of rotatable bonds is 6. The first-order chi connectivity index (χ1) is 13.2. The topological polar surface area (TPSA) is 56.7 Å². The molecule has 0 spiro atoms.